The van der Waals surface area contributed by atoms with Gasteiger partial charge in [0.2, 0.25) is 0 Å². The molecule has 0 aliphatic carbocycles. The molecule has 1 heterocycles. The highest BCUT2D eigenvalue weighted by Crippen LogP contribution is 2.25. The van der Waals surface area contributed by atoms with Crippen LogP contribution in [0.25, 0.3) is 0 Å². The first-order chi connectivity index (χ1) is 11.2. The lowest BCUT2D eigenvalue weighted by molar-refractivity contribution is -0.119. The lowest BCUT2D eigenvalue weighted by atomic mass is 10.2. The molecule has 0 spiro atoms. The number of hydrogen-bond donors (Lipinski definition) is 3. The second kappa shape index (κ2) is 11.4. The van der Waals surface area contributed by atoms with Crippen molar-refractivity contribution in [2.75, 3.05) is 26.0 Å². The van der Waals surface area contributed by atoms with Crippen LogP contribution in [0.3, 0.4) is 0 Å². The molecule has 8 heteroatoms. The lowest BCUT2D eigenvalue weighted by Crippen LogP contribution is -2.39. The van der Waals surface area contributed by atoms with E-state index in [1.54, 1.807) is 13.1 Å². The monoisotopic (exact) mass is 464 g/mol. The van der Waals surface area contributed by atoms with Gasteiger partial charge in [0.1, 0.15) is 5.75 Å². The summed E-state index contributed by atoms with van der Waals surface area (Å²) in [6, 6.07) is 7.57. The summed E-state index contributed by atoms with van der Waals surface area (Å²) < 4.78 is 5.31. The summed E-state index contributed by atoms with van der Waals surface area (Å²) in [7, 11) is 1.77. The second-order valence-electron chi connectivity index (χ2n) is 5.34. The van der Waals surface area contributed by atoms with Crippen LogP contribution in [0.4, 0.5) is 0 Å². The van der Waals surface area contributed by atoms with Gasteiger partial charge in [0, 0.05) is 25.4 Å². The van der Waals surface area contributed by atoms with Crippen LogP contribution in [-0.2, 0) is 11.3 Å². The number of nitrogens with zero attached hydrogens (tertiary/aromatic N) is 1. The molecule has 1 aromatic carbocycles. The first-order valence-corrected chi connectivity index (χ1v) is 8.78. The Morgan fingerprint density at radius 3 is 2.96 bits per heavy atom. The third-order valence-electron chi connectivity index (χ3n) is 3.48. The van der Waals surface area contributed by atoms with Crippen LogP contribution in [0.2, 0.25) is 0 Å². The molecule has 1 aliphatic heterocycles. The third-order valence-corrected chi connectivity index (χ3v) is 4.88. The Balaban J connectivity index is 0.00000288. The maximum atomic E-state index is 10.8. The highest BCUT2D eigenvalue weighted by Gasteiger charge is 2.15. The number of rotatable bonds is 7. The van der Waals surface area contributed by atoms with Crippen LogP contribution in [0, 0.1) is 0 Å². The van der Waals surface area contributed by atoms with Crippen molar-refractivity contribution in [1.82, 2.24) is 10.6 Å². The number of carbonyl (C=O) groups is 1. The van der Waals surface area contributed by atoms with Crippen molar-refractivity contribution >= 4 is 47.6 Å². The molecule has 4 N–H and O–H groups in total. The number of aliphatic imine (C=N–C) groups is 1. The zero-order valence-corrected chi connectivity index (χ0v) is 16.9. The molecule has 1 unspecified atom stereocenters. The zero-order chi connectivity index (χ0) is 16.5. The van der Waals surface area contributed by atoms with Gasteiger partial charge in [-0.3, -0.25) is 9.79 Å². The van der Waals surface area contributed by atoms with Gasteiger partial charge in [-0.25, -0.2) is 0 Å². The van der Waals surface area contributed by atoms with Gasteiger partial charge in [-0.15, -0.1) is 24.0 Å². The van der Waals surface area contributed by atoms with Crippen molar-refractivity contribution in [2.24, 2.45) is 10.7 Å². The average Bonchev–Trinajstić information content (AvgIpc) is 3.07. The highest BCUT2D eigenvalue weighted by molar-refractivity contribution is 14.0. The van der Waals surface area contributed by atoms with Gasteiger partial charge in [-0.2, -0.15) is 11.8 Å². The van der Waals surface area contributed by atoms with Gasteiger partial charge in [-0.05, 0) is 36.3 Å². The summed E-state index contributed by atoms with van der Waals surface area (Å²) in [5.41, 5.74) is 6.12. The van der Waals surface area contributed by atoms with E-state index in [1.807, 2.05) is 30.0 Å². The van der Waals surface area contributed by atoms with E-state index in [0.717, 1.165) is 18.1 Å². The van der Waals surface area contributed by atoms with Crippen LogP contribution < -0.4 is 21.1 Å². The number of ether oxygens (including phenoxy) is 1. The first kappa shape index (κ1) is 20.9. The topological polar surface area (TPSA) is 88.7 Å². The van der Waals surface area contributed by atoms with Gasteiger partial charge in [0.05, 0.1) is 0 Å². The molecule has 24 heavy (non-hydrogen) atoms. The van der Waals surface area contributed by atoms with Crippen LogP contribution in [0.15, 0.2) is 29.3 Å². The number of halogens is 1. The Kier molecular flexibility index (Phi) is 9.92. The number of thioether (sulfide) groups is 1. The molecule has 1 aliphatic rings. The van der Waals surface area contributed by atoms with Gasteiger partial charge in [0.25, 0.3) is 5.91 Å². The lowest BCUT2D eigenvalue weighted by Gasteiger charge is -2.15. The number of guanidine groups is 1. The van der Waals surface area contributed by atoms with E-state index in [4.69, 9.17) is 10.5 Å². The largest absolute Gasteiger partial charge is 0.484 e. The Morgan fingerprint density at radius 2 is 2.29 bits per heavy atom. The van der Waals surface area contributed by atoms with Crippen LogP contribution in [0.5, 0.6) is 5.75 Å². The van der Waals surface area contributed by atoms with E-state index in [1.165, 1.54) is 18.6 Å². The van der Waals surface area contributed by atoms with Crippen molar-refractivity contribution in [3.8, 4) is 5.75 Å². The van der Waals surface area contributed by atoms with E-state index < -0.39 is 5.91 Å². The first-order valence-electron chi connectivity index (χ1n) is 7.73. The Morgan fingerprint density at radius 1 is 1.46 bits per heavy atom. The minimum atomic E-state index is -0.483. The molecule has 6 nitrogen and oxygen atoms in total. The Labute approximate surface area is 164 Å². The van der Waals surface area contributed by atoms with E-state index in [0.29, 0.717) is 17.5 Å². The van der Waals surface area contributed by atoms with Crippen molar-refractivity contribution in [3.05, 3.63) is 29.8 Å². The number of nitrogens with one attached hydrogen (secondary N) is 2. The summed E-state index contributed by atoms with van der Waals surface area (Å²) in [5.74, 6) is 2.20. The Hall–Kier alpha value is -1.16. The molecule has 0 radical (unpaired) electrons. The minimum absolute atomic E-state index is 0. The number of hydrogen-bond acceptors (Lipinski definition) is 4. The quantitative estimate of drug-likeness (QED) is 0.325. The van der Waals surface area contributed by atoms with Crippen LogP contribution in [0.1, 0.15) is 18.4 Å². The maximum absolute atomic E-state index is 10.8. The number of amides is 1. The SMILES string of the molecule is CN=C(NCc1cccc(OCC(N)=O)c1)NCC1CCCS1.I. The molecule has 0 aromatic heterocycles. The second-order valence-corrected chi connectivity index (χ2v) is 6.75. The molecule has 0 saturated carbocycles. The van der Waals surface area contributed by atoms with E-state index in [2.05, 4.69) is 15.6 Å². The summed E-state index contributed by atoms with van der Waals surface area (Å²) in [6.07, 6.45) is 2.58. The molecule has 2 rings (SSSR count). The van der Waals surface area contributed by atoms with Gasteiger partial charge >= 0.3 is 0 Å². The standard InChI is InChI=1S/C16H24N4O2S.HI/c1-18-16(20-10-14-6-3-7-23-14)19-9-12-4-2-5-13(8-12)22-11-15(17)21;/h2,4-5,8,14H,3,6-7,9-11H2,1H3,(H2,17,21)(H2,18,19,20);1H. The van der Waals surface area contributed by atoms with Gasteiger partial charge in [-0.1, -0.05) is 12.1 Å². The molecule has 1 atom stereocenters. The molecule has 1 fully saturated rings. The highest BCUT2D eigenvalue weighted by atomic mass is 127. The number of primary amides is 1. The molecule has 1 aromatic rings. The molecular weight excluding hydrogens is 439 g/mol. The summed E-state index contributed by atoms with van der Waals surface area (Å²) in [4.78, 5) is 15.0. The van der Waals surface area contributed by atoms with Crippen molar-refractivity contribution in [2.45, 2.75) is 24.6 Å². The zero-order valence-electron chi connectivity index (χ0n) is 13.8. The molecule has 0 bridgehead atoms. The fourth-order valence-electron chi connectivity index (χ4n) is 2.32. The van der Waals surface area contributed by atoms with Gasteiger partial charge in [0.15, 0.2) is 12.6 Å². The third kappa shape index (κ3) is 7.61. The normalized spacial score (nSPS) is 17.0. The van der Waals surface area contributed by atoms with Crippen LogP contribution in [-0.4, -0.2) is 43.1 Å². The Bertz CT molecular complexity index is 551. The molecular formula is C16H25IN4O2S. The van der Waals surface area contributed by atoms with Gasteiger partial charge < -0.3 is 21.1 Å². The fourth-order valence-corrected chi connectivity index (χ4v) is 3.52. The number of benzene rings is 1. The molecule has 134 valence electrons. The maximum Gasteiger partial charge on any atom is 0.255 e. The van der Waals surface area contributed by atoms with Crippen molar-refractivity contribution < 1.29 is 9.53 Å². The minimum Gasteiger partial charge on any atom is -0.484 e. The smallest absolute Gasteiger partial charge is 0.255 e. The summed E-state index contributed by atoms with van der Waals surface area (Å²) in [5, 5.41) is 7.33. The van der Waals surface area contributed by atoms with E-state index >= 15 is 0 Å². The molecule has 1 amide bonds. The summed E-state index contributed by atoms with van der Waals surface area (Å²) in [6.45, 7) is 1.45. The number of carbonyl (C=O) groups excluding carboxylic acids is 1. The summed E-state index contributed by atoms with van der Waals surface area (Å²) >= 11 is 2.02. The van der Waals surface area contributed by atoms with Crippen molar-refractivity contribution in [1.29, 1.82) is 0 Å². The van der Waals surface area contributed by atoms with Crippen molar-refractivity contribution in [3.63, 3.8) is 0 Å². The average molecular weight is 464 g/mol. The van der Waals surface area contributed by atoms with E-state index in [9.17, 15) is 4.79 Å². The number of nitrogens with two attached hydrogens (primary N) is 1. The predicted molar refractivity (Wildman–Crippen MR) is 110 cm³/mol. The van der Waals surface area contributed by atoms with E-state index in [-0.39, 0.29) is 30.6 Å². The predicted octanol–water partition coefficient (Wildman–Crippen LogP) is 1.73. The fraction of sp³-hybridized carbons (Fsp3) is 0.500. The van der Waals surface area contributed by atoms with Crippen LogP contribution >= 0.6 is 35.7 Å². The molecule has 1 saturated heterocycles.